The monoisotopic (exact) mass is 332 g/mol. The summed E-state index contributed by atoms with van der Waals surface area (Å²) in [4.78, 5) is 27.8. The summed E-state index contributed by atoms with van der Waals surface area (Å²) in [6.07, 6.45) is 0.433. The maximum absolute atomic E-state index is 11.5. The number of hydrogen-bond donors (Lipinski definition) is 2. The molecular formula is C17H20N2O3S. The highest BCUT2D eigenvalue weighted by molar-refractivity contribution is 7.13. The van der Waals surface area contributed by atoms with Crippen LogP contribution in [0.1, 0.15) is 57.1 Å². The predicted octanol–water partition coefficient (Wildman–Crippen LogP) is 3.09. The van der Waals surface area contributed by atoms with E-state index in [2.05, 4.69) is 10.3 Å². The van der Waals surface area contributed by atoms with Gasteiger partial charge < -0.3 is 10.4 Å². The number of carboxylic acids is 1. The number of carbonyl (C=O) groups excluding carboxylic acids is 1. The standard InChI is InChI=1S/C17H20N2O3S/c1-17(2,3)16-19-12(13(23-16)15(21)22)9-10-5-7-11(8-6-10)14(20)18-4/h5-8H,9H2,1-4H3,(H,18,20)(H,21,22). The number of benzene rings is 1. The Morgan fingerprint density at radius 2 is 1.83 bits per heavy atom. The maximum atomic E-state index is 11.5. The molecule has 0 spiro atoms. The zero-order valence-electron chi connectivity index (χ0n) is 13.6. The molecule has 1 aromatic carbocycles. The highest BCUT2D eigenvalue weighted by atomic mass is 32.1. The molecule has 2 rings (SSSR count). The van der Waals surface area contributed by atoms with E-state index >= 15 is 0 Å². The van der Waals surface area contributed by atoms with Crippen molar-refractivity contribution < 1.29 is 14.7 Å². The Balaban J connectivity index is 2.30. The first kappa shape index (κ1) is 17.1. The Morgan fingerprint density at radius 3 is 2.30 bits per heavy atom. The molecule has 1 aromatic heterocycles. The van der Waals surface area contributed by atoms with Crippen LogP contribution >= 0.6 is 11.3 Å². The number of carbonyl (C=O) groups is 2. The van der Waals surface area contributed by atoms with Crippen molar-refractivity contribution in [2.24, 2.45) is 0 Å². The molecule has 0 saturated carbocycles. The van der Waals surface area contributed by atoms with Gasteiger partial charge in [-0.25, -0.2) is 9.78 Å². The molecule has 0 fully saturated rings. The highest BCUT2D eigenvalue weighted by Gasteiger charge is 2.24. The van der Waals surface area contributed by atoms with E-state index in [1.54, 1.807) is 19.2 Å². The number of nitrogens with zero attached hydrogens (tertiary/aromatic N) is 1. The molecule has 6 heteroatoms. The van der Waals surface area contributed by atoms with Gasteiger partial charge in [-0.3, -0.25) is 4.79 Å². The molecule has 0 aliphatic heterocycles. The Morgan fingerprint density at radius 1 is 1.22 bits per heavy atom. The zero-order chi connectivity index (χ0) is 17.2. The molecule has 0 aliphatic carbocycles. The maximum Gasteiger partial charge on any atom is 0.347 e. The Bertz CT molecular complexity index is 727. The molecule has 0 saturated heterocycles. The molecule has 0 atom stereocenters. The van der Waals surface area contributed by atoms with E-state index in [1.165, 1.54) is 11.3 Å². The normalized spacial score (nSPS) is 11.3. The summed E-state index contributed by atoms with van der Waals surface area (Å²) in [6, 6.07) is 7.11. The molecule has 0 unspecified atom stereocenters. The second kappa shape index (κ2) is 6.50. The molecule has 5 nitrogen and oxygen atoms in total. The smallest absolute Gasteiger partial charge is 0.347 e. The van der Waals surface area contributed by atoms with Gasteiger partial charge in [-0.1, -0.05) is 32.9 Å². The molecule has 0 bridgehead atoms. The van der Waals surface area contributed by atoms with Crippen LogP contribution in [0.5, 0.6) is 0 Å². The Hall–Kier alpha value is -2.21. The van der Waals surface area contributed by atoms with Gasteiger partial charge in [0.1, 0.15) is 4.88 Å². The third-order valence-electron chi connectivity index (χ3n) is 3.35. The lowest BCUT2D eigenvalue weighted by Gasteiger charge is -2.13. The third kappa shape index (κ3) is 3.96. The topological polar surface area (TPSA) is 79.3 Å². The van der Waals surface area contributed by atoms with Crippen LogP contribution in [0.4, 0.5) is 0 Å². The van der Waals surface area contributed by atoms with Crippen LogP contribution in [0.15, 0.2) is 24.3 Å². The van der Waals surface area contributed by atoms with E-state index in [9.17, 15) is 14.7 Å². The van der Waals surface area contributed by atoms with Crippen LogP contribution in [0, 0.1) is 0 Å². The van der Waals surface area contributed by atoms with Crippen LogP contribution in [-0.2, 0) is 11.8 Å². The fourth-order valence-corrected chi connectivity index (χ4v) is 3.05. The fraction of sp³-hybridized carbons (Fsp3) is 0.353. The molecule has 0 radical (unpaired) electrons. The number of aromatic nitrogens is 1. The van der Waals surface area contributed by atoms with Gasteiger partial charge in [0, 0.05) is 24.4 Å². The van der Waals surface area contributed by atoms with Crippen LogP contribution < -0.4 is 5.32 Å². The van der Waals surface area contributed by atoms with E-state index in [4.69, 9.17) is 0 Å². The van der Waals surface area contributed by atoms with E-state index in [-0.39, 0.29) is 16.2 Å². The summed E-state index contributed by atoms with van der Waals surface area (Å²) in [5.74, 6) is -1.10. The summed E-state index contributed by atoms with van der Waals surface area (Å²) in [5, 5.41) is 12.8. The van der Waals surface area contributed by atoms with Gasteiger partial charge in [-0.15, -0.1) is 11.3 Å². The molecule has 1 heterocycles. The van der Waals surface area contributed by atoms with Crippen molar-refractivity contribution in [3.8, 4) is 0 Å². The van der Waals surface area contributed by atoms with Crippen molar-refractivity contribution in [2.75, 3.05) is 7.05 Å². The average molecular weight is 332 g/mol. The van der Waals surface area contributed by atoms with E-state index in [0.717, 1.165) is 10.6 Å². The molecule has 1 amide bonds. The minimum Gasteiger partial charge on any atom is -0.477 e. The second-order valence-electron chi connectivity index (χ2n) is 6.30. The van der Waals surface area contributed by atoms with Crippen LogP contribution in [0.2, 0.25) is 0 Å². The minimum atomic E-state index is -0.949. The molecular weight excluding hydrogens is 312 g/mol. The number of hydrogen-bond acceptors (Lipinski definition) is 4. The first-order chi connectivity index (χ1) is 10.7. The number of thiazole rings is 1. The number of aromatic carboxylic acids is 1. The fourth-order valence-electron chi connectivity index (χ4n) is 2.07. The highest BCUT2D eigenvalue weighted by Crippen LogP contribution is 2.30. The lowest BCUT2D eigenvalue weighted by Crippen LogP contribution is -2.17. The van der Waals surface area contributed by atoms with Crippen molar-refractivity contribution in [2.45, 2.75) is 32.6 Å². The van der Waals surface area contributed by atoms with Crippen molar-refractivity contribution in [1.29, 1.82) is 0 Å². The van der Waals surface area contributed by atoms with Crippen molar-refractivity contribution in [3.05, 3.63) is 51.0 Å². The summed E-state index contributed by atoms with van der Waals surface area (Å²) >= 11 is 1.23. The van der Waals surface area contributed by atoms with Gasteiger partial charge in [0.2, 0.25) is 0 Å². The molecule has 2 N–H and O–H groups in total. The summed E-state index contributed by atoms with van der Waals surface area (Å²) in [6.45, 7) is 6.04. The van der Waals surface area contributed by atoms with Crippen LogP contribution in [0.3, 0.4) is 0 Å². The molecule has 2 aromatic rings. The lowest BCUT2D eigenvalue weighted by molar-refractivity contribution is 0.0700. The van der Waals surface area contributed by atoms with E-state index < -0.39 is 5.97 Å². The van der Waals surface area contributed by atoms with Gasteiger partial charge in [0.25, 0.3) is 5.91 Å². The summed E-state index contributed by atoms with van der Waals surface area (Å²) in [7, 11) is 1.58. The Kier molecular flexibility index (Phi) is 4.85. The first-order valence-electron chi connectivity index (χ1n) is 7.27. The second-order valence-corrected chi connectivity index (χ2v) is 7.30. The minimum absolute atomic E-state index is 0.147. The SMILES string of the molecule is CNC(=O)c1ccc(Cc2nc(C(C)(C)C)sc2C(=O)O)cc1. The summed E-state index contributed by atoms with van der Waals surface area (Å²) in [5.41, 5.74) is 1.88. The van der Waals surface area contributed by atoms with Gasteiger partial charge in [-0.05, 0) is 17.7 Å². The van der Waals surface area contributed by atoms with E-state index in [0.29, 0.717) is 17.7 Å². The number of rotatable bonds is 4. The molecule has 122 valence electrons. The number of amides is 1. The van der Waals surface area contributed by atoms with Crippen LogP contribution in [0.25, 0.3) is 0 Å². The predicted molar refractivity (Wildman–Crippen MR) is 90.4 cm³/mol. The Labute approximate surface area is 139 Å². The first-order valence-corrected chi connectivity index (χ1v) is 8.08. The summed E-state index contributed by atoms with van der Waals surface area (Å²) < 4.78 is 0. The largest absolute Gasteiger partial charge is 0.477 e. The van der Waals surface area contributed by atoms with E-state index in [1.807, 2.05) is 32.9 Å². The van der Waals surface area contributed by atoms with Gasteiger partial charge in [-0.2, -0.15) is 0 Å². The third-order valence-corrected chi connectivity index (χ3v) is 4.86. The van der Waals surface area contributed by atoms with Crippen molar-refractivity contribution in [3.63, 3.8) is 0 Å². The van der Waals surface area contributed by atoms with Crippen LogP contribution in [-0.4, -0.2) is 29.0 Å². The quantitative estimate of drug-likeness (QED) is 0.902. The number of carboxylic acid groups (broad SMARTS) is 1. The van der Waals surface area contributed by atoms with Gasteiger partial charge >= 0.3 is 5.97 Å². The lowest BCUT2D eigenvalue weighted by atomic mass is 9.98. The average Bonchev–Trinajstić information content (AvgIpc) is 2.91. The molecule has 23 heavy (non-hydrogen) atoms. The van der Waals surface area contributed by atoms with Gasteiger partial charge in [0.15, 0.2) is 0 Å². The van der Waals surface area contributed by atoms with Gasteiger partial charge in [0.05, 0.1) is 10.7 Å². The van der Waals surface area contributed by atoms with Crippen molar-refractivity contribution in [1.82, 2.24) is 10.3 Å². The number of nitrogens with one attached hydrogen (secondary N) is 1. The molecule has 0 aliphatic rings. The zero-order valence-corrected chi connectivity index (χ0v) is 14.5. The van der Waals surface area contributed by atoms with Crippen molar-refractivity contribution >= 4 is 23.2 Å².